The van der Waals surface area contributed by atoms with Crippen molar-refractivity contribution in [3.8, 4) is 0 Å². The molecule has 0 unspecified atom stereocenters. The summed E-state index contributed by atoms with van der Waals surface area (Å²) in [5.74, 6) is 0. The first kappa shape index (κ1) is 7.61. The van der Waals surface area contributed by atoms with E-state index in [9.17, 15) is 0 Å². The van der Waals surface area contributed by atoms with Gasteiger partial charge >= 0.3 is 0 Å². The van der Waals surface area contributed by atoms with Gasteiger partial charge in [0.15, 0.2) is 0 Å². The van der Waals surface area contributed by atoms with E-state index in [1.165, 1.54) is 0 Å². The van der Waals surface area contributed by atoms with Crippen molar-refractivity contribution in [3.63, 3.8) is 0 Å². The predicted molar refractivity (Wildman–Crippen MR) is 35.5 cm³/mol. The summed E-state index contributed by atoms with van der Waals surface area (Å²) in [5.41, 5.74) is 0. The Balaban J connectivity index is 2.68. The normalized spacial score (nSPS) is 10.3. The number of rotatable bonds is 3. The first-order valence-electron chi connectivity index (χ1n) is 2.19. The zero-order valence-electron chi connectivity index (χ0n) is 4.58. The highest BCUT2D eigenvalue weighted by Gasteiger charge is 1.87. The summed E-state index contributed by atoms with van der Waals surface area (Å²) in [6, 6.07) is 0.641. The molecule has 4 heteroatoms. The smallest absolute Gasteiger partial charge is 0.113 e. The third-order valence-corrected chi connectivity index (χ3v) is 3.20. The number of hydrogen-bond acceptors (Lipinski definition) is 1. The minimum absolute atomic E-state index is 0.641. The zero-order chi connectivity index (χ0) is 5.70. The maximum absolute atomic E-state index is 3.40. The molecule has 0 aromatic carbocycles. The Morgan fingerprint density at radius 3 is 2.29 bits per heavy atom. The summed E-state index contributed by atoms with van der Waals surface area (Å²) in [6.45, 7) is 4.30. The summed E-state index contributed by atoms with van der Waals surface area (Å²) in [6.07, 6.45) is 0. The Kier molecular flexibility index (Phi) is 5.18. The molecule has 0 spiro atoms. The van der Waals surface area contributed by atoms with Gasteiger partial charge in [-0.1, -0.05) is 13.8 Å². The molecule has 0 rings (SSSR count). The molecule has 37 valence electrons. The third-order valence-electron chi connectivity index (χ3n) is 0.423. The molecule has 7 radical (unpaired) electrons. The first-order chi connectivity index (χ1) is 3.27. The summed E-state index contributed by atoms with van der Waals surface area (Å²) in [5, 5.41) is 0. The van der Waals surface area contributed by atoms with Crippen LogP contribution in [-0.4, -0.2) is 33.6 Å². The van der Waals surface area contributed by atoms with Crippen LogP contribution in [0.3, 0.4) is 0 Å². The van der Waals surface area contributed by atoms with Crippen LogP contribution in [-0.2, 0) is 0 Å². The van der Waals surface area contributed by atoms with E-state index in [0.717, 1.165) is 17.8 Å². The minimum atomic E-state index is 0.641. The van der Waals surface area contributed by atoms with Gasteiger partial charge in [-0.05, 0) is 6.04 Å². The Morgan fingerprint density at radius 2 is 2.14 bits per heavy atom. The van der Waals surface area contributed by atoms with Crippen LogP contribution < -0.4 is 4.98 Å². The summed E-state index contributed by atoms with van der Waals surface area (Å²) >= 11 is 0. The van der Waals surface area contributed by atoms with Gasteiger partial charge in [-0.25, -0.2) is 0 Å². The number of nitrogens with one attached hydrogen (secondary N) is 1. The van der Waals surface area contributed by atoms with E-state index in [0.29, 0.717) is 6.04 Å². The third kappa shape index (κ3) is 6.61. The zero-order valence-corrected chi connectivity index (χ0v) is 7.58. The quantitative estimate of drug-likeness (QED) is 0.514. The summed E-state index contributed by atoms with van der Waals surface area (Å²) in [7, 11) is 5.16. The average molecular weight is 142 g/mol. The van der Waals surface area contributed by atoms with Gasteiger partial charge in [0.1, 0.15) is 9.20 Å². The molecule has 0 bridgehead atoms. The van der Waals surface area contributed by atoms with Crippen molar-refractivity contribution in [1.82, 2.24) is 4.98 Å². The second-order valence-electron chi connectivity index (χ2n) is 1.55. The van der Waals surface area contributed by atoms with Gasteiger partial charge < -0.3 is 4.98 Å². The lowest BCUT2D eigenvalue weighted by molar-refractivity contribution is 0.758. The Labute approximate surface area is 53.0 Å². The molecule has 0 aliphatic carbocycles. The van der Waals surface area contributed by atoms with Crippen molar-refractivity contribution >= 4 is 27.5 Å². The second-order valence-corrected chi connectivity index (χ2v) is 6.09. The van der Waals surface area contributed by atoms with E-state index < -0.39 is 0 Å². The molecule has 0 aromatic heterocycles. The van der Waals surface area contributed by atoms with Crippen LogP contribution in [0.5, 0.6) is 0 Å². The molecular formula is C3H8NSi3. The standard InChI is InChI=1S/C3H8NSi3/c1-3(2)4-6-7-5/h3-4H,1-2H3. The lowest BCUT2D eigenvalue weighted by atomic mass is 10.4. The van der Waals surface area contributed by atoms with E-state index in [1.54, 1.807) is 0 Å². The summed E-state index contributed by atoms with van der Waals surface area (Å²) in [4.78, 5) is 3.29. The van der Waals surface area contributed by atoms with E-state index >= 15 is 0 Å². The molecule has 0 amide bonds. The molecule has 0 aliphatic rings. The predicted octanol–water partition coefficient (Wildman–Crippen LogP) is -0.694. The molecule has 0 aliphatic heterocycles. The molecule has 0 fully saturated rings. The lowest BCUT2D eigenvalue weighted by Gasteiger charge is -2.02. The highest BCUT2D eigenvalue weighted by Crippen LogP contribution is 1.69. The van der Waals surface area contributed by atoms with Crippen molar-refractivity contribution in [2.75, 3.05) is 0 Å². The Morgan fingerprint density at radius 1 is 1.57 bits per heavy atom. The Hall–Kier alpha value is 0.611. The van der Waals surface area contributed by atoms with Gasteiger partial charge in [-0.15, -0.1) is 0 Å². The van der Waals surface area contributed by atoms with Crippen LogP contribution in [0.15, 0.2) is 0 Å². The molecular weight excluding hydrogens is 134 g/mol. The fraction of sp³-hybridized carbons (Fsp3) is 1.00. The monoisotopic (exact) mass is 142 g/mol. The van der Waals surface area contributed by atoms with Gasteiger partial charge in [-0.2, -0.15) is 0 Å². The van der Waals surface area contributed by atoms with Crippen molar-refractivity contribution < 1.29 is 0 Å². The van der Waals surface area contributed by atoms with Crippen molar-refractivity contribution in [3.05, 3.63) is 0 Å². The first-order valence-corrected chi connectivity index (χ1v) is 6.69. The van der Waals surface area contributed by atoms with Gasteiger partial charge in [0, 0.05) is 18.3 Å². The van der Waals surface area contributed by atoms with Crippen LogP contribution in [0.2, 0.25) is 0 Å². The lowest BCUT2D eigenvalue weighted by Crippen LogP contribution is -2.31. The van der Waals surface area contributed by atoms with Crippen molar-refractivity contribution in [2.45, 2.75) is 19.9 Å². The van der Waals surface area contributed by atoms with Crippen LogP contribution in [0, 0.1) is 0 Å². The van der Waals surface area contributed by atoms with Crippen LogP contribution in [0.25, 0.3) is 0 Å². The fourth-order valence-electron chi connectivity index (χ4n) is 0.180. The molecule has 0 saturated heterocycles. The van der Waals surface area contributed by atoms with E-state index in [4.69, 9.17) is 0 Å². The molecule has 0 heterocycles. The molecule has 0 saturated carbocycles. The van der Waals surface area contributed by atoms with Crippen molar-refractivity contribution in [1.29, 1.82) is 0 Å². The maximum atomic E-state index is 3.40. The molecule has 0 atom stereocenters. The van der Waals surface area contributed by atoms with Gasteiger partial charge in [0.25, 0.3) is 0 Å². The molecule has 0 aromatic rings. The van der Waals surface area contributed by atoms with Crippen LogP contribution in [0.4, 0.5) is 0 Å². The molecule has 1 N–H and O–H groups in total. The van der Waals surface area contributed by atoms with E-state index in [2.05, 4.69) is 28.6 Å². The van der Waals surface area contributed by atoms with E-state index in [-0.39, 0.29) is 0 Å². The SMILES string of the molecule is CC(C)N[Si][Si][Si]. The maximum Gasteiger partial charge on any atom is 0.113 e. The van der Waals surface area contributed by atoms with Gasteiger partial charge in [0.2, 0.25) is 0 Å². The second kappa shape index (κ2) is 4.76. The van der Waals surface area contributed by atoms with Crippen molar-refractivity contribution in [2.24, 2.45) is 0 Å². The van der Waals surface area contributed by atoms with Gasteiger partial charge in [-0.3, -0.25) is 0 Å². The van der Waals surface area contributed by atoms with E-state index in [1.807, 2.05) is 0 Å². The number of hydrogen-bond donors (Lipinski definition) is 1. The topological polar surface area (TPSA) is 12.0 Å². The van der Waals surface area contributed by atoms with Crippen LogP contribution >= 0.6 is 0 Å². The Bertz CT molecular complexity index is 39.2. The van der Waals surface area contributed by atoms with Crippen LogP contribution in [0.1, 0.15) is 13.8 Å². The fourth-order valence-corrected chi connectivity index (χ4v) is 2.27. The highest BCUT2D eigenvalue weighted by molar-refractivity contribution is 7.23. The minimum Gasteiger partial charge on any atom is -0.340 e. The average Bonchev–Trinajstić information content (AvgIpc) is 1.61. The molecule has 7 heavy (non-hydrogen) atoms. The largest absolute Gasteiger partial charge is 0.340 e. The summed E-state index contributed by atoms with van der Waals surface area (Å²) < 4.78 is 0. The van der Waals surface area contributed by atoms with Gasteiger partial charge in [0.05, 0.1) is 0 Å². The molecule has 1 nitrogen and oxygen atoms in total. The highest BCUT2D eigenvalue weighted by atomic mass is 29.5.